The summed E-state index contributed by atoms with van der Waals surface area (Å²) in [5, 5.41) is 9.92. The molecular formula is C26H25N5O5. The number of aliphatic imine (C=N–C) groups is 1. The molecule has 4 rings (SSSR count). The van der Waals surface area contributed by atoms with Crippen LogP contribution in [0.15, 0.2) is 83.7 Å². The number of amides is 2. The van der Waals surface area contributed by atoms with Crippen LogP contribution >= 0.6 is 0 Å². The van der Waals surface area contributed by atoms with Gasteiger partial charge in [0, 0.05) is 37.1 Å². The first kappa shape index (κ1) is 24.6. The number of carbonyl (C=O) groups excluding carboxylic acids is 2. The summed E-state index contributed by atoms with van der Waals surface area (Å²) in [5.74, 6) is 6.11. The lowest BCUT2D eigenvalue weighted by molar-refractivity contribution is -0.113. The summed E-state index contributed by atoms with van der Waals surface area (Å²) in [7, 11) is 1.54. The molecule has 3 N–H and O–H groups in total. The van der Waals surface area contributed by atoms with Crippen molar-refractivity contribution in [2.45, 2.75) is 6.42 Å². The van der Waals surface area contributed by atoms with Gasteiger partial charge in [-0.3, -0.25) is 14.6 Å². The molecule has 0 fully saturated rings. The molecule has 0 spiro atoms. The summed E-state index contributed by atoms with van der Waals surface area (Å²) >= 11 is 0. The highest BCUT2D eigenvalue weighted by atomic mass is 16.5. The Hall–Kier alpha value is -4.54. The third-order valence-electron chi connectivity index (χ3n) is 5.27. The van der Waals surface area contributed by atoms with Crippen molar-refractivity contribution in [3.05, 3.63) is 89.9 Å². The van der Waals surface area contributed by atoms with Crippen molar-refractivity contribution in [3.63, 3.8) is 0 Å². The number of guanidine groups is 1. The predicted molar refractivity (Wildman–Crippen MR) is 134 cm³/mol. The van der Waals surface area contributed by atoms with Crippen molar-refractivity contribution >= 4 is 29.5 Å². The predicted octanol–water partition coefficient (Wildman–Crippen LogP) is 2.61. The number of ether oxygens (including phenoxy) is 2. The molecule has 10 heteroatoms. The molecule has 0 atom stereocenters. The summed E-state index contributed by atoms with van der Waals surface area (Å²) < 4.78 is 11.1. The van der Waals surface area contributed by atoms with Gasteiger partial charge in [-0.15, -0.1) is 0 Å². The Morgan fingerprint density at radius 3 is 2.67 bits per heavy atom. The van der Waals surface area contributed by atoms with Crippen LogP contribution < -0.4 is 20.2 Å². The van der Waals surface area contributed by atoms with Gasteiger partial charge in [0.15, 0.2) is 0 Å². The van der Waals surface area contributed by atoms with Crippen molar-refractivity contribution in [3.8, 4) is 11.5 Å². The molecule has 0 aliphatic carbocycles. The summed E-state index contributed by atoms with van der Waals surface area (Å²) in [6.45, 7) is 0.254. The van der Waals surface area contributed by atoms with Gasteiger partial charge in [-0.1, -0.05) is 18.2 Å². The van der Waals surface area contributed by atoms with Crippen LogP contribution in [0.4, 0.5) is 5.69 Å². The molecule has 1 aliphatic heterocycles. The van der Waals surface area contributed by atoms with Crippen molar-refractivity contribution in [1.29, 1.82) is 0 Å². The minimum Gasteiger partial charge on any atom is -0.497 e. The molecular weight excluding hydrogens is 462 g/mol. The van der Waals surface area contributed by atoms with Crippen LogP contribution in [0.25, 0.3) is 6.08 Å². The van der Waals surface area contributed by atoms with Crippen molar-refractivity contribution in [2.24, 2.45) is 10.8 Å². The Labute approximate surface area is 207 Å². The summed E-state index contributed by atoms with van der Waals surface area (Å²) in [4.78, 5) is 36.2. The molecule has 0 saturated carbocycles. The average molecular weight is 488 g/mol. The van der Waals surface area contributed by atoms with Crippen LogP contribution in [0, 0.1) is 0 Å². The molecule has 3 aromatic rings. The molecule has 1 aliphatic rings. The maximum absolute atomic E-state index is 13.5. The maximum atomic E-state index is 13.5. The number of nitrogens with two attached hydrogens (primary N) is 1. The first-order chi connectivity index (χ1) is 17.5. The molecule has 184 valence electrons. The van der Waals surface area contributed by atoms with E-state index in [4.69, 9.17) is 20.4 Å². The van der Waals surface area contributed by atoms with Gasteiger partial charge in [-0.25, -0.2) is 20.7 Å². The zero-order valence-corrected chi connectivity index (χ0v) is 19.6. The minimum absolute atomic E-state index is 0.0180. The lowest BCUT2D eigenvalue weighted by Gasteiger charge is -2.24. The Balaban J connectivity index is 1.75. The molecule has 2 heterocycles. The monoisotopic (exact) mass is 487 g/mol. The lowest BCUT2D eigenvalue weighted by atomic mass is 10.1. The van der Waals surface area contributed by atoms with Crippen LogP contribution in [0.3, 0.4) is 0 Å². The molecule has 10 nitrogen and oxygen atoms in total. The van der Waals surface area contributed by atoms with Crippen molar-refractivity contribution in [1.82, 2.24) is 9.99 Å². The van der Waals surface area contributed by atoms with E-state index in [9.17, 15) is 9.59 Å². The second-order valence-electron chi connectivity index (χ2n) is 7.66. The van der Waals surface area contributed by atoms with Crippen molar-refractivity contribution < 1.29 is 24.2 Å². The summed E-state index contributed by atoms with van der Waals surface area (Å²) in [5.41, 5.74) is 1.36. The van der Waals surface area contributed by atoms with Crippen molar-refractivity contribution in [2.75, 3.05) is 25.2 Å². The van der Waals surface area contributed by atoms with Gasteiger partial charge in [-0.2, -0.15) is 0 Å². The number of hydrogen-bond donors (Lipinski definition) is 2. The normalized spacial score (nSPS) is 14.1. The van der Waals surface area contributed by atoms with E-state index in [1.54, 1.807) is 66.9 Å². The fraction of sp³-hybridized carbons (Fsp3) is 0.154. The lowest BCUT2D eigenvalue weighted by Crippen LogP contribution is -2.50. The van der Waals surface area contributed by atoms with E-state index in [2.05, 4.69) is 9.98 Å². The Kier molecular flexibility index (Phi) is 7.69. The highest BCUT2D eigenvalue weighted by Crippen LogP contribution is 2.31. The number of rotatable bonds is 8. The fourth-order valence-electron chi connectivity index (χ4n) is 3.48. The van der Waals surface area contributed by atoms with E-state index in [0.717, 1.165) is 5.01 Å². The highest BCUT2D eigenvalue weighted by molar-refractivity contribution is 6.30. The van der Waals surface area contributed by atoms with E-state index in [1.165, 1.54) is 18.2 Å². The summed E-state index contributed by atoms with van der Waals surface area (Å²) in [6.07, 6.45) is 4.92. The van der Waals surface area contributed by atoms with Crippen LogP contribution in [0.1, 0.15) is 22.3 Å². The molecule has 36 heavy (non-hydrogen) atoms. The zero-order valence-electron chi connectivity index (χ0n) is 19.6. The van der Waals surface area contributed by atoms with Crippen LogP contribution in [-0.4, -0.2) is 53.2 Å². The first-order valence-electron chi connectivity index (χ1n) is 11.1. The van der Waals surface area contributed by atoms with Gasteiger partial charge in [0.1, 0.15) is 17.2 Å². The van der Waals surface area contributed by atoms with E-state index < -0.39 is 11.8 Å². The average Bonchev–Trinajstić information content (AvgIpc) is 3.25. The highest BCUT2D eigenvalue weighted by Gasteiger charge is 2.36. The van der Waals surface area contributed by atoms with Gasteiger partial charge in [-0.05, 0) is 42.5 Å². The van der Waals surface area contributed by atoms with Gasteiger partial charge in [0.25, 0.3) is 11.8 Å². The maximum Gasteiger partial charge on any atom is 0.283 e. The van der Waals surface area contributed by atoms with Crippen LogP contribution in [0.2, 0.25) is 0 Å². The quantitative estimate of drug-likeness (QED) is 0.164. The molecule has 2 amide bonds. The van der Waals surface area contributed by atoms with Gasteiger partial charge < -0.3 is 14.6 Å². The Morgan fingerprint density at radius 2 is 1.97 bits per heavy atom. The SMILES string of the molecule is COc1ccc(/C=C2\N=C(N(N)C(=O)c3cccnc3)N(c3ccccc3)C2=O)c(OCCCO)c1. The first-order valence-corrected chi connectivity index (χ1v) is 11.1. The smallest absolute Gasteiger partial charge is 0.283 e. The molecule has 0 unspecified atom stereocenters. The van der Waals surface area contributed by atoms with E-state index >= 15 is 0 Å². The number of para-hydroxylation sites is 1. The number of aliphatic hydroxyl groups excluding tert-OH is 1. The molecule has 0 radical (unpaired) electrons. The Bertz CT molecular complexity index is 1290. The minimum atomic E-state index is -0.575. The third kappa shape index (κ3) is 5.24. The number of hydrazine groups is 1. The molecule has 0 saturated heterocycles. The molecule has 0 bridgehead atoms. The zero-order chi connectivity index (χ0) is 25.5. The number of benzene rings is 2. The third-order valence-corrected chi connectivity index (χ3v) is 5.27. The van der Waals surface area contributed by atoms with Crippen LogP contribution in [0.5, 0.6) is 11.5 Å². The molecule has 1 aromatic heterocycles. The number of aromatic nitrogens is 1. The van der Waals surface area contributed by atoms with Gasteiger partial charge >= 0.3 is 0 Å². The topological polar surface area (TPSA) is 131 Å². The summed E-state index contributed by atoms with van der Waals surface area (Å²) in [6, 6.07) is 17.1. The molecule has 2 aromatic carbocycles. The van der Waals surface area contributed by atoms with E-state index in [1.807, 2.05) is 6.07 Å². The van der Waals surface area contributed by atoms with E-state index in [-0.39, 0.29) is 30.4 Å². The number of carbonyl (C=O) groups is 2. The second kappa shape index (κ2) is 11.3. The second-order valence-corrected chi connectivity index (χ2v) is 7.66. The van der Waals surface area contributed by atoms with Gasteiger partial charge in [0.2, 0.25) is 5.96 Å². The largest absolute Gasteiger partial charge is 0.497 e. The number of methoxy groups -OCH3 is 1. The standard InChI is InChI=1S/C26H25N5O5/c1-35-21-11-10-18(23(16-21)36-14-6-13-32)15-22-25(34)30(20-8-3-2-4-9-20)26(29-22)31(27)24(33)19-7-5-12-28-17-19/h2-5,7-12,15-17,32H,6,13-14,27H2,1H3/b22-15-. The van der Waals surface area contributed by atoms with Gasteiger partial charge in [0.05, 0.1) is 25.0 Å². The van der Waals surface area contributed by atoms with Crippen LogP contribution in [-0.2, 0) is 4.79 Å². The van der Waals surface area contributed by atoms with E-state index in [0.29, 0.717) is 29.2 Å². The number of hydrogen-bond acceptors (Lipinski definition) is 8. The Morgan fingerprint density at radius 1 is 1.17 bits per heavy atom. The fourth-order valence-corrected chi connectivity index (χ4v) is 3.48. The number of nitrogens with zero attached hydrogens (tertiary/aromatic N) is 4. The number of anilines is 1. The number of pyridine rings is 1. The number of aliphatic hydroxyl groups is 1.